The second-order valence-corrected chi connectivity index (χ2v) is 7.09. The molecule has 0 aromatic carbocycles. The number of aromatic nitrogens is 3. The molecule has 0 N–H and O–H groups in total. The second kappa shape index (κ2) is 7.57. The summed E-state index contributed by atoms with van der Waals surface area (Å²) in [6, 6.07) is 4.66. The Kier molecular flexibility index (Phi) is 6.68. The molecule has 2 heterocycles. The standard InChI is InChI=1S/C9H16N2.C5H3ClN.ClH.Pd/c1-8(2)10-5-6-11(7-10)9(3)4;6-5-2-1-3-7-4-5;;/h5-6,8-9H,1-4H3;1-3H;1H;. The van der Waals surface area contributed by atoms with Gasteiger partial charge in [-0.3, -0.25) is 0 Å². The molecule has 0 bridgehead atoms. The topological polar surface area (TPSA) is 22.8 Å². The number of halogens is 2. The zero-order chi connectivity index (χ0) is 14.0. The molecule has 0 aliphatic rings. The molecule has 0 saturated heterocycles. The molecular weight excluding hydrogens is 388 g/mol. The zero-order valence-electron chi connectivity index (χ0n) is 12.0. The summed E-state index contributed by atoms with van der Waals surface area (Å²) in [7, 11) is 0. The molecule has 2 aromatic heterocycles. The van der Waals surface area contributed by atoms with Crippen LogP contribution in [0.2, 0.25) is 5.02 Å². The smallest absolute Gasteiger partial charge is 0.147 e. The quantitative estimate of drug-likeness (QED) is 0.709. The number of hydrogen-bond donors (Lipinski definition) is 0. The van der Waals surface area contributed by atoms with Crippen LogP contribution in [0.4, 0.5) is 0 Å². The van der Waals surface area contributed by atoms with Crippen LogP contribution < -0.4 is 4.17 Å². The summed E-state index contributed by atoms with van der Waals surface area (Å²) in [5, 5.41) is 0.753. The van der Waals surface area contributed by atoms with Crippen molar-refractivity contribution in [2.24, 2.45) is 0 Å². The summed E-state index contributed by atoms with van der Waals surface area (Å²) in [4.78, 5) is 4.42. The van der Waals surface area contributed by atoms with E-state index in [0.717, 1.165) is 9.19 Å². The van der Waals surface area contributed by atoms with Gasteiger partial charge in [-0.1, -0.05) is 0 Å². The van der Waals surface area contributed by atoms with Gasteiger partial charge in [0.25, 0.3) is 0 Å². The van der Waals surface area contributed by atoms with Crippen LogP contribution in [0, 0.1) is 3.89 Å². The first-order chi connectivity index (χ1) is 9.00. The third-order valence-electron chi connectivity index (χ3n) is 2.73. The van der Waals surface area contributed by atoms with E-state index in [1.54, 1.807) is 0 Å². The number of imidazole rings is 1. The fourth-order valence-corrected chi connectivity index (χ4v) is 4.29. The van der Waals surface area contributed by atoms with E-state index in [9.17, 15) is 0 Å². The Bertz CT molecular complexity index is 601. The van der Waals surface area contributed by atoms with Gasteiger partial charge in [0.2, 0.25) is 0 Å². The predicted octanol–water partition coefficient (Wildman–Crippen LogP) is 3.86. The average molecular weight is 408 g/mol. The van der Waals surface area contributed by atoms with Crippen molar-refractivity contribution in [1.29, 1.82) is 0 Å². The summed E-state index contributed by atoms with van der Waals surface area (Å²) in [5.41, 5.74) is 0. The SMILES string of the molecule is CC(C)n1ccn(C(C)C)[c]1=[Pd][c]1ncccc1Cl.Cl. The van der Waals surface area contributed by atoms with Gasteiger partial charge in [-0.05, 0) is 0 Å². The van der Waals surface area contributed by atoms with Gasteiger partial charge >= 0.3 is 127 Å². The predicted molar refractivity (Wildman–Crippen MR) is 82.6 cm³/mol. The molecule has 0 unspecified atom stereocenters. The fourth-order valence-electron chi connectivity index (χ4n) is 1.69. The molecule has 0 radical (unpaired) electrons. The Morgan fingerprint density at radius 2 is 1.65 bits per heavy atom. The second-order valence-electron chi connectivity index (χ2n) is 4.87. The van der Waals surface area contributed by atoms with Crippen LogP contribution in [0.15, 0.2) is 30.7 Å². The molecule has 0 atom stereocenters. The van der Waals surface area contributed by atoms with Crippen LogP contribution in [-0.4, -0.2) is 14.1 Å². The van der Waals surface area contributed by atoms with Gasteiger partial charge in [0.15, 0.2) is 0 Å². The van der Waals surface area contributed by atoms with E-state index >= 15 is 0 Å². The monoisotopic (exact) mass is 406 g/mol. The minimum atomic E-state index is 0. The van der Waals surface area contributed by atoms with Crippen LogP contribution in [0.3, 0.4) is 0 Å². The Hall–Kier alpha value is -0.398. The van der Waals surface area contributed by atoms with Crippen molar-refractivity contribution in [2.75, 3.05) is 0 Å². The van der Waals surface area contributed by atoms with E-state index in [1.807, 2.05) is 18.3 Å². The van der Waals surface area contributed by atoms with Crippen LogP contribution in [0.5, 0.6) is 0 Å². The Morgan fingerprint density at radius 3 is 2.10 bits per heavy atom. The van der Waals surface area contributed by atoms with Gasteiger partial charge in [0.1, 0.15) is 0 Å². The zero-order valence-corrected chi connectivity index (χ0v) is 15.1. The van der Waals surface area contributed by atoms with Crippen molar-refractivity contribution >= 4 is 28.2 Å². The molecular formula is C14H20Cl2N3Pd. The van der Waals surface area contributed by atoms with Gasteiger partial charge < -0.3 is 0 Å². The molecule has 0 amide bonds. The summed E-state index contributed by atoms with van der Waals surface area (Å²) in [5.74, 6) is 0. The van der Waals surface area contributed by atoms with Gasteiger partial charge in [0, 0.05) is 0 Å². The summed E-state index contributed by atoms with van der Waals surface area (Å²) < 4.78 is 6.88. The number of rotatable bonds is 3. The molecule has 0 saturated carbocycles. The van der Waals surface area contributed by atoms with Crippen LogP contribution in [0.25, 0.3) is 0 Å². The fraction of sp³-hybridized carbons (Fsp3) is 0.429. The summed E-state index contributed by atoms with van der Waals surface area (Å²) in [6.45, 7) is 8.79. The third-order valence-corrected chi connectivity index (χ3v) is 5.39. The molecule has 0 spiro atoms. The maximum absolute atomic E-state index is 6.24. The molecule has 20 heavy (non-hydrogen) atoms. The summed E-state index contributed by atoms with van der Waals surface area (Å²) in [6.07, 6.45) is 6.10. The number of pyridine rings is 1. The number of hydrogen-bond acceptors (Lipinski definition) is 1. The minimum absolute atomic E-state index is 0. The van der Waals surface area contributed by atoms with Crippen molar-refractivity contribution in [2.45, 2.75) is 39.8 Å². The Balaban J connectivity index is 0.00000200. The van der Waals surface area contributed by atoms with Crippen LogP contribution in [-0.2, 0) is 17.5 Å². The van der Waals surface area contributed by atoms with Crippen LogP contribution in [0.1, 0.15) is 39.8 Å². The van der Waals surface area contributed by atoms with Crippen LogP contribution >= 0.6 is 24.0 Å². The first-order valence-corrected chi connectivity index (χ1v) is 8.25. The maximum Gasteiger partial charge on any atom is -0.147 e. The Labute approximate surface area is 139 Å². The van der Waals surface area contributed by atoms with E-state index < -0.39 is 0 Å². The molecule has 6 heteroatoms. The normalized spacial score (nSPS) is 11.2. The van der Waals surface area contributed by atoms with E-state index in [0.29, 0.717) is 12.1 Å². The van der Waals surface area contributed by atoms with Crippen molar-refractivity contribution < 1.29 is 17.5 Å². The van der Waals surface area contributed by atoms with Crippen molar-refractivity contribution in [3.05, 3.63) is 39.6 Å². The van der Waals surface area contributed by atoms with E-state index in [2.05, 4.69) is 54.2 Å². The molecule has 2 aromatic rings. The van der Waals surface area contributed by atoms with Gasteiger partial charge in [-0.2, -0.15) is 0 Å². The van der Waals surface area contributed by atoms with E-state index in [-0.39, 0.29) is 29.9 Å². The molecule has 3 nitrogen and oxygen atoms in total. The van der Waals surface area contributed by atoms with Gasteiger partial charge in [-0.25, -0.2) is 0 Å². The van der Waals surface area contributed by atoms with E-state index in [1.165, 1.54) is 3.89 Å². The van der Waals surface area contributed by atoms with Gasteiger partial charge in [-0.15, -0.1) is 12.4 Å². The number of nitrogens with zero attached hydrogens (tertiary/aromatic N) is 3. The average Bonchev–Trinajstić information content (AvgIpc) is 2.76. The van der Waals surface area contributed by atoms with Gasteiger partial charge in [0.05, 0.1) is 0 Å². The Morgan fingerprint density at radius 1 is 1.10 bits per heavy atom. The molecule has 0 fully saturated rings. The summed E-state index contributed by atoms with van der Waals surface area (Å²) >= 11 is 6.47. The first kappa shape index (κ1) is 17.7. The van der Waals surface area contributed by atoms with E-state index in [4.69, 9.17) is 11.6 Å². The molecule has 0 aliphatic carbocycles. The van der Waals surface area contributed by atoms with Crippen molar-refractivity contribution in [1.82, 2.24) is 14.1 Å². The molecule has 2 rings (SSSR count). The third kappa shape index (κ3) is 3.83. The maximum atomic E-state index is 6.24. The van der Waals surface area contributed by atoms with Crippen molar-refractivity contribution in [3.63, 3.8) is 0 Å². The van der Waals surface area contributed by atoms with Crippen molar-refractivity contribution in [3.8, 4) is 0 Å². The largest absolute Gasteiger partial charge is 0.147 e. The molecule has 0 aliphatic heterocycles. The molecule has 115 valence electrons. The first-order valence-electron chi connectivity index (χ1n) is 6.32. The minimum Gasteiger partial charge on any atom is -0.147 e.